The molecule has 2 heterocycles. The molecule has 1 fully saturated rings. The number of carbonyl (C=O) groups excluding carboxylic acids is 2. The number of fused-ring (bicyclic) bond motifs is 2. The number of carboxylic acid groups (broad SMARTS) is 1. The molecule has 1 spiro atoms. The number of imide groups is 1. The van der Waals surface area contributed by atoms with Gasteiger partial charge in [0.25, 0.3) is 5.91 Å². The van der Waals surface area contributed by atoms with Gasteiger partial charge >= 0.3 is 12.0 Å². The van der Waals surface area contributed by atoms with Crippen molar-refractivity contribution in [3.63, 3.8) is 0 Å². The molecule has 0 aliphatic carbocycles. The highest BCUT2D eigenvalue weighted by molar-refractivity contribution is 6.08. The van der Waals surface area contributed by atoms with Gasteiger partial charge in [-0.2, -0.15) is 0 Å². The highest BCUT2D eigenvalue weighted by Crippen LogP contribution is 2.41. The number of carbonyl (C=O) groups is 3. The molecule has 0 unspecified atom stereocenters. The Morgan fingerprint density at radius 3 is 2.80 bits per heavy atom. The third-order valence-electron chi connectivity index (χ3n) is 3.38. The first-order valence-corrected chi connectivity index (χ1v) is 5.75. The van der Waals surface area contributed by atoms with Gasteiger partial charge in [0.15, 0.2) is 11.6 Å². The van der Waals surface area contributed by atoms with E-state index in [9.17, 15) is 18.8 Å². The van der Waals surface area contributed by atoms with Gasteiger partial charge in [0.05, 0.1) is 0 Å². The molecule has 8 heteroatoms. The second-order valence-corrected chi connectivity index (χ2v) is 4.60. The maximum Gasteiger partial charge on any atom is 0.345 e. The van der Waals surface area contributed by atoms with Gasteiger partial charge in [-0.05, 0) is 18.2 Å². The summed E-state index contributed by atoms with van der Waals surface area (Å²) in [5, 5.41) is 13.5. The Morgan fingerprint density at radius 2 is 2.20 bits per heavy atom. The largest absolute Gasteiger partial charge is 0.479 e. The molecular weight excluding hydrogens is 271 g/mol. The minimum atomic E-state index is -1.62. The smallest absolute Gasteiger partial charge is 0.345 e. The van der Waals surface area contributed by atoms with Crippen molar-refractivity contribution < 1.29 is 28.6 Å². The van der Waals surface area contributed by atoms with Gasteiger partial charge in [-0.25, -0.2) is 14.0 Å². The van der Waals surface area contributed by atoms with Gasteiger partial charge in [-0.1, -0.05) is 0 Å². The summed E-state index contributed by atoms with van der Waals surface area (Å²) in [5.74, 6) is -2.55. The van der Waals surface area contributed by atoms with E-state index >= 15 is 0 Å². The van der Waals surface area contributed by atoms with Gasteiger partial charge in [0.2, 0.25) is 0 Å². The van der Waals surface area contributed by atoms with E-state index in [4.69, 9.17) is 9.84 Å². The van der Waals surface area contributed by atoms with Gasteiger partial charge in [-0.15, -0.1) is 0 Å². The van der Waals surface area contributed by atoms with Crippen molar-refractivity contribution in [1.82, 2.24) is 10.6 Å². The number of urea groups is 1. The number of rotatable bonds is 1. The number of amides is 3. The van der Waals surface area contributed by atoms with E-state index in [1.807, 2.05) is 5.32 Å². The van der Waals surface area contributed by atoms with E-state index < -0.39 is 35.4 Å². The molecule has 3 rings (SSSR count). The van der Waals surface area contributed by atoms with Crippen LogP contribution < -0.4 is 15.4 Å². The zero-order valence-electron chi connectivity index (χ0n) is 9.97. The fourth-order valence-corrected chi connectivity index (χ4v) is 2.48. The highest BCUT2D eigenvalue weighted by Gasteiger charge is 2.54. The Bertz CT molecular complexity index is 647. The quantitative estimate of drug-likeness (QED) is 0.633. The lowest BCUT2D eigenvalue weighted by Gasteiger charge is -2.35. The number of aliphatic carboxylic acids is 1. The standard InChI is InChI=1S/C12H9FN2O5/c13-5-1-2-7-6(3-5)12(4-8(20-7)9(16)17)10(18)14-11(19)15-12/h1-3,8H,4H2,(H,16,17)(H2,14,15,18,19)/t8-,12+/m0/s1. The molecule has 2 atom stereocenters. The van der Waals surface area contributed by atoms with Crippen LogP contribution in [0.5, 0.6) is 5.75 Å². The molecule has 7 nitrogen and oxygen atoms in total. The summed E-state index contributed by atoms with van der Waals surface area (Å²) < 4.78 is 18.6. The van der Waals surface area contributed by atoms with Crippen molar-refractivity contribution in [3.05, 3.63) is 29.6 Å². The summed E-state index contributed by atoms with van der Waals surface area (Å²) in [6.07, 6.45) is -1.62. The van der Waals surface area contributed by atoms with Gasteiger partial charge in [0.1, 0.15) is 11.6 Å². The lowest BCUT2D eigenvalue weighted by atomic mass is 9.82. The van der Waals surface area contributed by atoms with Crippen LogP contribution in [0.2, 0.25) is 0 Å². The molecule has 0 radical (unpaired) electrons. The summed E-state index contributed by atoms with van der Waals surface area (Å²) >= 11 is 0. The number of hydrogen-bond acceptors (Lipinski definition) is 4. The molecule has 0 saturated carbocycles. The van der Waals surface area contributed by atoms with Crippen molar-refractivity contribution in [3.8, 4) is 5.75 Å². The Labute approximate surface area is 111 Å². The monoisotopic (exact) mass is 280 g/mol. The predicted molar refractivity (Wildman–Crippen MR) is 61.4 cm³/mol. The van der Waals surface area contributed by atoms with Crippen LogP contribution in [0.15, 0.2) is 18.2 Å². The van der Waals surface area contributed by atoms with Crippen molar-refractivity contribution in [2.45, 2.75) is 18.1 Å². The lowest BCUT2D eigenvalue weighted by molar-refractivity contribution is -0.147. The Kier molecular flexibility index (Phi) is 2.43. The zero-order valence-corrected chi connectivity index (χ0v) is 9.97. The first-order valence-electron chi connectivity index (χ1n) is 5.75. The van der Waals surface area contributed by atoms with Gasteiger partial charge < -0.3 is 15.2 Å². The Balaban J connectivity index is 2.18. The molecular formula is C12H9FN2O5. The number of carboxylic acids is 1. The lowest BCUT2D eigenvalue weighted by Crippen LogP contribution is -2.52. The number of halogens is 1. The average Bonchev–Trinajstić information content (AvgIpc) is 2.65. The maximum atomic E-state index is 13.4. The average molecular weight is 280 g/mol. The van der Waals surface area contributed by atoms with Crippen molar-refractivity contribution in [2.24, 2.45) is 0 Å². The van der Waals surface area contributed by atoms with E-state index in [2.05, 4.69) is 5.32 Å². The topological polar surface area (TPSA) is 105 Å². The fraction of sp³-hybridized carbons (Fsp3) is 0.250. The van der Waals surface area contributed by atoms with E-state index in [0.717, 1.165) is 12.1 Å². The van der Waals surface area contributed by atoms with E-state index in [1.54, 1.807) is 0 Å². The first-order chi connectivity index (χ1) is 9.42. The van der Waals surface area contributed by atoms with Crippen LogP contribution in [0.25, 0.3) is 0 Å². The number of hydrogen-bond donors (Lipinski definition) is 3. The van der Waals surface area contributed by atoms with Gasteiger partial charge in [-0.3, -0.25) is 10.1 Å². The van der Waals surface area contributed by atoms with Crippen LogP contribution >= 0.6 is 0 Å². The molecule has 3 amide bonds. The molecule has 1 aromatic carbocycles. The summed E-state index contributed by atoms with van der Waals surface area (Å²) in [6.45, 7) is 0. The predicted octanol–water partition coefficient (Wildman–Crippen LogP) is 0.0961. The third kappa shape index (κ3) is 1.61. The molecule has 2 aliphatic heterocycles. The highest BCUT2D eigenvalue weighted by atomic mass is 19.1. The molecule has 1 aromatic rings. The number of benzene rings is 1. The molecule has 3 N–H and O–H groups in total. The number of ether oxygens (including phenoxy) is 1. The minimum absolute atomic E-state index is 0.0578. The second kappa shape index (κ2) is 3.92. The molecule has 2 aliphatic rings. The molecule has 1 saturated heterocycles. The van der Waals surface area contributed by atoms with Crippen LogP contribution in [-0.4, -0.2) is 29.1 Å². The van der Waals surface area contributed by atoms with Crippen LogP contribution in [-0.2, 0) is 15.1 Å². The first kappa shape index (κ1) is 12.4. The molecule has 104 valence electrons. The SMILES string of the molecule is O=C1NC(=O)[C@]2(C[C@@H](C(=O)O)Oc3ccc(F)cc32)N1. The number of nitrogens with one attached hydrogen (secondary N) is 2. The zero-order chi connectivity index (χ0) is 14.5. The van der Waals surface area contributed by atoms with Crippen LogP contribution in [0.1, 0.15) is 12.0 Å². The third-order valence-corrected chi connectivity index (χ3v) is 3.38. The van der Waals surface area contributed by atoms with E-state index in [0.29, 0.717) is 0 Å². The summed E-state index contributed by atoms with van der Waals surface area (Å²) in [4.78, 5) is 34.5. The fourth-order valence-electron chi connectivity index (χ4n) is 2.48. The minimum Gasteiger partial charge on any atom is -0.479 e. The Hall–Kier alpha value is -2.64. The normalized spacial score (nSPS) is 27.6. The summed E-state index contributed by atoms with van der Waals surface area (Å²) in [5.41, 5.74) is -1.51. The Morgan fingerprint density at radius 1 is 1.45 bits per heavy atom. The molecule has 0 aromatic heterocycles. The van der Waals surface area contributed by atoms with Crippen LogP contribution in [0, 0.1) is 5.82 Å². The van der Waals surface area contributed by atoms with Crippen LogP contribution in [0.3, 0.4) is 0 Å². The van der Waals surface area contributed by atoms with E-state index in [1.165, 1.54) is 6.07 Å². The second-order valence-electron chi connectivity index (χ2n) is 4.60. The van der Waals surface area contributed by atoms with E-state index in [-0.39, 0.29) is 17.7 Å². The molecule has 20 heavy (non-hydrogen) atoms. The van der Waals surface area contributed by atoms with Crippen molar-refractivity contribution in [1.29, 1.82) is 0 Å². The summed E-state index contributed by atoms with van der Waals surface area (Å²) in [6, 6.07) is 2.62. The summed E-state index contributed by atoms with van der Waals surface area (Å²) in [7, 11) is 0. The van der Waals surface area contributed by atoms with Crippen molar-refractivity contribution in [2.75, 3.05) is 0 Å². The molecule has 0 bridgehead atoms. The van der Waals surface area contributed by atoms with Crippen molar-refractivity contribution >= 4 is 17.9 Å². The van der Waals surface area contributed by atoms with Crippen LogP contribution in [0.4, 0.5) is 9.18 Å². The maximum absolute atomic E-state index is 13.4. The van der Waals surface area contributed by atoms with Gasteiger partial charge in [0, 0.05) is 12.0 Å².